The quantitative estimate of drug-likeness (QED) is 0.508. The molecule has 1 aromatic heterocycles. The lowest BCUT2D eigenvalue weighted by Gasteiger charge is -2.34. The second kappa shape index (κ2) is 8.70. The summed E-state index contributed by atoms with van der Waals surface area (Å²) in [6.45, 7) is 6.64. The molecule has 1 aromatic carbocycles. The van der Waals surface area contributed by atoms with Crippen molar-refractivity contribution in [3.8, 4) is 0 Å². The number of hydrogen-bond acceptors (Lipinski definition) is 5. The first-order valence-electron chi connectivity index (χ1n) is 10.9. The number of rotatable bonds is 6. The Hall–Kier alpha value is -3.26. The summed E-state index contributed by atoms with van der Waals surface area (Å²) >= 11 is 0. The minimum atomic E-state index is -0.340. The Morgan fingerprint density at radius 3 is 2.06 bits per heavy atom. The summed E-state index contributed by atoms with van der Waals surface area (Å²) in [6.07, 6.45) is 0.104. The van der Waals surface area contributed by atoms with E-state index >= 15 is 0 Å². The lowest BCUT2D eigenvalue weighted by molar-refractivity contribution is -0.132. The molecule has 2 aliphatic rings. The molecule has 0 aliphatic carbocycles. The molecule has 3 amide bonds. The molecule has 0 N–H and O–H groups in total. The number of hydrogen-bond donors (Lipinski definition) is 0. The van der Waals surface area contributed by atoms with Crippen LogP contribution in [0.15, 0.2) is 30.3 Å². The average Bonchev–Trinajstić information content (AvgIpc) is 3.20. The summed E-state index contributed by atoms with van der Waals surface area (Å²) in [7, 11) is 1.95. The van der Waals surface area contributed by atoms with Gasteiger partial charge < -0.3 is 9.47 Å². The minimum Gasteiger partial charge on any atom is -0.351 e. The fourth-order valence-corrected chi connectivity index (χ4v) is 4.39. The smallest absolute Gasteiger partial charge is 0.261 e. The van der Waals surface area contributed by atoms with E-state index in [2.05, 4.69) is 4.90 Å². The van der Waals surface area contributed by atoms with Crippen LogP contribution >= 0.6 is 0 Å². The van der Waals surface area contributed by atoms with Crippen molar-refractivity contribution in [2.24, 2.45) is 7.05 Å². The van der Waals surface area contributed by atoms with Crippen LogP contribution in [0.4, 0.5) is 0 Å². The highest BCUT2D eigenvalue weighted by Crippen LogP contribution is 2.22. The van der Waals surface area contributed by atoms with E-state index in [9.17, 15) is 19.2 Å². The standard InChI is InChI=1S/C24H28N4O4/c1-16-14-20(17(2)25(16)3)21(29)15-26-10-12-27(13-11-26)22(30)8-9-28-23(31)18-6-4-5-7-19(18)24(28)32/h4-7,14H,8-13,15H2,1-3H3. The SMILES string of the molecule is Cc1cc(C(=O)CN2CCN(C(=O)CCN3C(=O)c4ccccc4C3=O)CC2)c(C)n1C. The van der Waals surface area contributed by atoms with Crippen LogP contribution in [-0.4, -0.2) is 82.0 Å². The highest BCUT2D eigenvalue weighted by Gasteiger charge is 2.35. The van der Waals surface area contributed by atoms with Gasteiger partial charge in [0.25, 0.3) is 11.8 Å². The first-order chi connectivity index (χ1) is 15.3. The van der Waals surface area contributed by atoms with Crippen LogP contribution in [0.3, 0.4) is 0 Å². The molecule has 0 unspecified atom stereocenters. The van der Waals surface area contributed by atoms with Crippen LogP contribution in [0.1, 0.15) is 48.9 Å². The number of fused-ring (bicyclic) bond motifs is 1. The van der Waals surface area contributed by atoms with E-state index in [1.807, 2.05) is 31.5 Å². The highest BCUT2D eigenvalue weighted by molar-refractivity contribution is 6.21. The fraction of sp³-hybridized carbons (Fsp3) is 0.417. The maximum absolute atomic E-state index is 12.7. The van der Waals surface area contributed by atoms with Gasteiger partial charge in [-0.05, 0) is 32.0 Å². The van der Waals surface area contributed by atoms with Gasteiger partial charge in [-0.2, -0.15) is 0 Å². The molecule has 4 rings (SSSR count). The van der Waals surface area contributed by atoms with Crippen molar-refractivity contribution in [3.63, 3.8) is 0 Å². The van der Waals surface area contributed by atoms with Crippen LogP contribution in [0.2, 0.25) is 0 Å². The van der Waals surface area contributed by atoms with Crippen LogP contribution in [-0.2, 0) is 11.8 Å². The fourth-order valence-electron chi connectivity index (χ4n) is 4.39. The van der Waals surface area contributed by atoms with Crippen molar-refractivity contribution in [2.75, 3.05) is 39.3 Å². The van der Waals surface area contributed by atoms with Gasteiger partial charge in [-0.1, -0.05) is 12.1 Å². The number of Topliss-reactive ketones (excluding diaryl/α,β-unsaturated/α-hetero) is 1. The molecule has 1 fully saturated rings. The largest absolute Gasteiger partial charge is 0.351 e. The van der Waals surface area contributed by atoms with Crippen molar-refractivity contribution in [1.29, 1.82) is 0 Å². The van der Waals surface area contributed by atoms with Crippen molar-refractivity contribution < 1.29 is 19.2 Å². The normalized spacial score (nSPS) is 16.6. The molecule has 2 aliphatic heterocycles. The van der Waals surface area contributed by atoms with Crippen LogP contribution in [0.25, 0.3) is 0 Å². The van der Waals surface area contributed by atoms with Gasteiger partial charge in [0.15, 0.2) is 5.78 Å². The molecule has 2 aromatic rings. The molecule has 0 bridgehead atoms. The number of piperazine rings is 1. The van der Waals surface area contributed by atoms with Crippen molar-refractivity contribution in [3.05, 3.63) is 58.4 Å². The second-order valence-electron chi connectivity index (χ2n) is 8.48. The van der Waals surface area contributed by atoms with Gasteiger partial charge >= 0.3 is 0 Å². The highest BCUT2D eigenvalue weighted by atomic mass is 16.2. The molecule has 168 valence electrons. The van der Waals surface area contributed by atoms with Gasteiger partial charge in [0.1, 0.15) is 0 Å². The van der Waals surface area contributed by atoms with E-state index in [0.29, 0.717) is 43.9 Å². The van der Waals surface area contributed by atoms with Crippen LogP contribution < -0.4 is 0 Å². The van der Waals surface area contributed by atoms with Crippen LogP contribution in [0.5, 0.6) is 0 Å². The zero-order chi connectivity index (χ0) is 23.0. The summed E-state index contributed by atoms with van der Waals surface area (Å²) in [5.41, 5.74) is 3.57. The molecule has 0 radical (unpaired) electrons. The number of aryl methyl sites for hydroxylation is 1. The molecule has 3 heterocycles. The third-order valence-electron chi connectivity index (χ3n) is 6.60. The molecular weight excluding hydrogens is 408 g/mol. The Labute approximate surface area is 187 Å². The Balaban J connectivity index is 1.26. The number of benzene rings is 1. The Morgan fingerprint density at radius 2 is 1.53 bits per heavy atom. The number of imide groups is 1. The number of ketones is 1. The van der Waals surface area contributed by atoms with Crippen molar-refractivity contribution in [1.82, 2.24) is 19.3 Å². The first kappa shape index (κ1) is 22.0. The lowest BCUT2D eigenvalue weighted by atomic mass is 10.1. The van der Waals surface area contributed by atoms with Crippen molar-refractivity contribution in [2.45, 2.75) is 20.3 Å². The van der Waals surface area contributed by atoms with E-state index in [-0.39, 0.29) is 36.5 Å². The van der Waals surface area contributed by atoms with Gasteiger partial charge in [0.05, 0.1) is 17.7 Å². The van der Waals surface area contributed by atoms with Gasteiger partial charge in [-0.25, -0.2) is 0 Å². The number of aromatic nitrogens is 1. The van der Waals surface area contributed by atoms with E-state index < -0.39 is 0 Å². The molecule has 1 saturated heterocycles. The number of nitrogens with zero attached hydrogens (tertiary/aromatic N) is 4. The predicted octanol–water partition coefficient (Wildman–Crippen LogP) is 1.66. The van der Waals surface area contributed by atoms with E-state index in [4.69, 9.17) is 0 Å². The zero-order valence-electron chi connectivity index (χ0n) is 18.8. The Bertz CT molecular complexity index is 1060. The molecule has 8 nitrogen and oxygen atoms in total. The summed E-state index contributed by atoms with van der Waals surface area (Å²) in [4.78, 5) is 55.2. The zero-order valence-corrected chi connectivity index (χ0v) is 18.8. The first-order valence-corrected chi connectivity index (χ1v) is 10.9. The van der Waals surface area contributed by atoms with Gasteiger partial charge in [0.2, 0.25) is 5.91 Å². The summed E-state index contributed by atoms with van der Waals surface area (Å²) < 4.78 is 2.01. The molecule has 8 heteroatoms. The maximum Gasteiger partial charge on any atom is 0.261 e. The summed E-state index contributed by atoms with van der Waals surface area (Å²) in [5, 5.41) is 0. The minimum absolute atomic E-state index is 0.0799. The molecule has 0 saturated carbocycles. The summed E-state index contributed by atoms with van der Waals surface area (Å²) in [5.74, 6) is -0.667. The van der Waals surface area contributed by atoms with Gasteiger partial charge in [-0.3, -0.25) is 29.0 Å². The third-order valence-corrected chi connectivity index (χ3v) is 6.60. The van der Waals surface area contributed by atoms with E-state index in [1.165, 1.54) is 0 Å². The topological polar surface area (TPSA) is 82.9 Å². The van der Waals surface area contributed by atoms with E-state index in [0.717, 1.165) is 21.9 Å². The van der Waals surface area contributed by atoms with Crippen molar-refractivity contribution >= 4 is 23.5 Å². The molecular formula is C24H28N4O4. The lowest BCUT2D eigenvalue weighted by Crippen LogP contribution is -2.50. The Morgan fingerprint density at radius 1 is 0.938 bits per heavy atom. The van der Waals surface area contributed by atoms with E-state index in [1.54, 1.807) is 29.2 Å². The predicted molar refractivity (Wildman–Crippen MR) is 119 cm³/mol. The number of carbonyl (C=O) groups is 4. The van der Waals surface area contributed by atoms with Crippen LogP contribution in [0, 0.1) is 13.8 Å². The number of amides is 3. The summed E-state index contributed by atoms with van der Waals surface area (Å²) in [6, 6.07) is 8.65. The maximum atomic E-state index is 12.7. The average molecular weight is 437 g/mol. The Kier molecular flexibility index (Phi) is 5.97. The molecule has 0 spiro atoms. The third kappa shape index (κ3) is 3.98. The monoisotopic (exact) mass is 436 g/mol. The van der Waals surface area contributed by atoms with Gasteiger partial charge in [0, 0.05) is 63.1 Å². The molecule has 0 atom stereocenters. The van der Waals surface area contributed by atoms with Gasteiger partial charge in [-0.15, -0.1) is 0 Å². The second-order valence-corrected chi connectivity index (χ2v) is 8.48. The molecule has 32 heavy (non-hydrogen) atoms. The number of carbonyl (C=O) groups excluding carboxylic acids is 4.